The van der Waals surface area contributed by atoms with Gasteiger partial charge in [-0.3, -0.25) is 4.98 Å². The van der Waals surface area contributed by atoms with Crippen LogP contribution in [0.2, 0.25) is 0 Å². The summed E-state index contributed by atoms with van der Waals surface area (Å²) in [4.78, 5) is 4.40. The molecule has 3 heterocycles. The number of halogens is 1. The number of nitrogens with zero attached hydrogens (tertiary/aromatic N) is 1. The molecule has 0 spiro atoms. The summed E-state index contributed by atoms with van der Waals surface area (Å²) >= 11 is 0. The highest BCUT2D eigenvalue weighted by molar-refractivity contribution is 5.73. The van der Waals surface area contributed by atoms with Gasteiger partial charge in [0.2, 0.25) is 0 Å². The van der Waals surface area contributed by atoms with Gasteiger partial charge in [0, 0.05) is 29.5 Å². The normalized spacial score (nSPS) is 26.0. The minimum absolute atomic E-state index is 0.0379. The van der Waals surface area contributed by atoms with Crippen LogP contribution in [-0.2, 0) is 10.2 Å². The Labute approximate surface area is 153 Å². The number of pyridine rings is 1. The fourth-order valence-electron chi connectivity index (χ4n) is 4.59. The third kappa shape index (κ3) is 2.49. The fraction of sp³-hybridized carbons (Fsp3) is 0.476. The highest BCUT2D eigenvalue weighted by Crippen LogP contribution is 2.51. The molecule has 0 amide bonds. The van der Waals surface area contributed by atoms with E-state index in [1.807, 2.05) is 19.1 Å². The molecule has 4 nitrogen and oxygen atoms in total. The lowest BCUT2D eigenvalue weighted by Crippen LogP contribution is -2.56. The zero-order chi connectivity index (χ0) is 18.5. The van der Waals surface area contributed by atoms with Crippen LogP contribution in [0.1, 0.15) is 39.7 Å². The molecule has 138 valence electrons. The molecule has 0 bridgehead atoms. The third-order valence-electron chi connectivity index (χ3n) is 5.65. The molecule has 0 saturated carbocycles. The van der Waals surface area contributed by atoms with Crippen molar-refractivity contribution >= 4 is 5.69 Å². The fourth-order valence-corrected chi connectivity index (χ4v) is 4.59. The predicted molar refractivity (Wildman–Crippen MR) is 100 cm³/mol. The molecule has 2 atom stereocenters. The maximum Gasteiger partial charge on any atom is 0.145 e. The molecule has 1 N–H and O–H groups in total. The zero-order valence-electron chi connectivity index (χ0n) is 15.7. The summed E-state index contributed by atoms with van der Waals surface area (Å²) in [5.41, 5.74) is 2.53. The van der Waals surface area contributed by atoms with Gasteiger partial charge in [0.15, 0.2) is 0 Å². The molecule has 4 rings (SSSR count). The van der Waals surface area contributed by atoms with E-state index in [-0.39, 0.29) is 22.9 Å². The number of fused-ring (bicyclic) bond motifs is 3. The molecule has 5 heteroatoms. The van der Waals surface area contributed by atoms with Crippen LogP contribution in [0, 0.1) is 5.82 Å². The summed E-state index contributed by atoms with van der Waals surface area (Å²) in [5, 5.41) is 3.48. The Morgan fingerprint density at radius 2 is 2.15 bits per heavy atom. The third-order valence-corrected chi connectivity index (χ3v) is 5.65. The molecule has 1 aromatic heterocycles. The average Bonchev–Trinajstić information content (AvgIpc) is 2.99. The maximum atomic E-state index is 15.0. The van der Waals surface area contributed by atoms with Gasteiger partial charge in [-0.05, 0) is 57.0 Å². The van der Waals surface area contributed by atoms with E-state index < -0.39 is 0 Å². The zero-order valence-corrected chi connectivity index (χ0v) is 15.7. The van der Waals surface area contributed by atoms with Crippen molar-refractivity contribution in [3.63, 3.8) is 0 Å². The first-order valence-electron chi connectivity index (χ1n) is 9.19. The van der Waals surface area contributed by atoms with E-state index in [4.69, 9.17) is 9.47 Å². The quantitative estimate of drug-likeness (QED) is 0.877. The summed E-state index contributed by atoms with van der Waals surface area (Å²) in [6, 6.07) is 7.16. The van der Waals surface area contributed by atoms with Crippen molar-refractivity contribution in [2.75, 3.05) is 18.5 Å². The second-order valence-electron chi connectivity index (χ2n) is 7.93. The van der Waals surface area contributed by atoms with Crippen LogP contribution in [0.25, 0.3) is 11.3 Å². The second-order valence-corrected chi connectivity index (χ2v) is 7.93. The van der Waals surface area contributed by atoms with Gasteiger partial charge in [0.05, 0.1) is 18.2 Å². The van der Waals surface area contributed by atoms with E-state index in [2.05, 4.69) is 31.1 Å². The highest BCUT2D eigenvalue weighted by atomic mass is 19.1. The largest absolute Gasteiger partial charge is 0.492 e. The summed E-state index contributed by atoms with van der Waals surface area (Å²) < 4.78 is 26.8. The smallest absolute Gasteiger partial charge is 0.145 e. The molecule has 1 fully saturated rings. The van der Waals surface area contributed by atoms with Gasteiger partial charge in [-0.1, -0.05) is 6.92 Å². The molecule has 2 unspecified atom stereocenters. The van der Waals surface area contributed by atoms with Crippen molar-refractivity contribution in [2.24, 2.45) is 0 Å². The number of ether oxygens (including phenoxy) is 2. The number of rotatable bonds is 3. The Kier molecular flexibility index (Phi) is 3.95. The lowest BCUT2D eigenvalue weighted by atomic mass is 9.67. The molecule has 2 aromatic rings. The number of hydrogen-bond acceptors (Lipinski definition) is 4. The van der Waals surface area contributed by atoms with E-state index in [0.717, 1.165) is 17.7 Å². The molecule has 2 aliphatic rings. The van der Waals surface area contributed by atoms with Crippen LogP contribution in [-0.4, -0.2) is 29.8 Å². The lowest BCUT2D eigenvalue weighted by molar-refractivity contribution is 0.0352. The van der Waals surface area contributed by atoms with E-state index in [1.54, 1.807) is 18.3 Å². The topological polar surface area (TPSA) is 43.4 Å². The van der Waals surface area contributed by atoms with Gasteiger partial charge < -0.3 is 14.8 Å². The summed E-state index contributed by atoms with van der Waals surface area (Å²) in [6.07, 6.45) is 2.62. The standard InChI is InChI=1S/C21H25FN2O2/c1-5-25-17-7-6-9-23-18(17)13-11-14-16(12-15(13)22)24-20(2,3)19-21(14,4)8-10-26-19/h6-7,9,11-12,19,24H,5,8,10H2,1-4H3. The Morgan fingerprint density at radius 3 is 2.92 bits per heavy atom. The number of aromatic nitrogens is 1. The van der Waals surface area contributed by atoms with Gasteiger partial charge in [-0.15, -0.1) is 0 Å². The summed E-state index contributed by atoms with van der Waals surface area (Å²) in [7, 11) is 0. The average molecular weight is 356 g/mol. The molecular weight excluding hydrogens is 331 g/mol. The van der Waals surface area contributed by atoms with Crippen molar-refractivity contribution in [1.29, 1.82) is 0 Å². The molecule has 0 aliphatic carbocycles. The Hall–Kier alpha value is -2.14. The lowest BCUT2D eigenvalue weighted by Gasteiger charge is -2.48. The Bertz CT molecular complexity index is 852. The number of nitrogens with one attached hydrogen (secondary N) is 1. The Morgan fingerprint density at radius 1 is 1.35 bits per heavy atom. The van der Waals surface area contributed by atoms with Crippen molar-refractivity contribution < 1.29 is 13.9 Å². The predicted octanol–water partition coefficient (Wildman–Crippen LogP) is 4.54. The Balaban J connectivity index is 1.90. The minimum Gasteiger partial charge on any atom is -0.492 e. The van der Waals surface area contributed by atoms with Crippen LogP contribution in [0.3, 0.4) is 0 Å². The first kappa shape index (κ1) is 17.3. The van der Waals surface area contributed by atoms with E-state index >= 15 is 4.39 Å². The van der Waals surface area contributed by atoms with Crippen molar-refractivity contribution in [1.82, 2.24) is 4.98 Å². The SMILES string of the molecule is CCOc1cccnc1-c1cc2c(cc1F)NC(C)(C)C1OCCC21C. The van der Waals surface area contributed by atoms with Crippen LogP contribution >= 0.6 is 0 Å². The highest BCUT2D eigenvalue weighted by Gasteiger charge is 2.53. The summed E-state index contributed by atoms with van der Waals surface area (Å²) in [6.45, 7) is 9.58. The molecule has 1 saturated heterocycles. The van der Waals surface area contributed by atoms with E-state index in [0.29, 0.717) is 30.2 Å². The van der Waals surface area contributed by atoms with E-state index in [9.17, 15) is 0 Å². The summed E-state index contributed by atoms with van der Waals surface area (Å²) in [5.74, 6) is 0.301. The first-order valence-corrected chi connectivity index (χ1v) is 9.19. The first-order chi connectivity index (χ1) is 12.4. The number of anilines is 1. The molecule has 0 radical (unpaired) electrons. The van der Waals surface area contributed by atoms with Crippen molar-refractivity contribution in [3.05, 3.63) is 41.8 Å². The molecule has 1 aromatic carbocycles. The van der Waals surface area contributed by atoms with Crippen LogP contribution in [0.4, 0.5) is 10.1 Å². The van der Waals surface area contributed by atoms with Gasteiger partial charge in [-0.25, -0.2) is 4.39 Å². The van der Waals surface area contributed by atoms with Gasteiger partial charge >= 0.3 is 0 Å². The molecule has 26 heavy (non-hydrogen) atoms. The van der Waals surface area contributed by atoms with Gasteiger partial charge in [0.25, 0.3) is 0 Å². The van der Waals surface area contributed by atoms with Crippen molar-refractivity contribution in [3.8, 4) is 17.0 Å². The monoisotopic (exact) mass is 356 g/mol. The molecular formula is C21H25FN2O2. The van der Waals surface area contributed by atoms with Crippen molar-refractivity contribution in [2.45, 2.75) is 51.2 Å². The van der Waals surface area contributed by atoms with Crippen LogP contribution in [0.5, 0.6) is 5.75 Å². The minimum atomic E-state index is -0.298. The van der Waals surface area contributed by atoms with Crippen LogP contribution in [0.15, 0.2) is 30.5 Å². The number of benzene rings is 1. The molecule has 2 aliphatic heterocycles. The second kappa shape index (κ2) is 5.95. The van der Waals surface area contributed by atoms with Gasteiger partial charge in [-0.2, -0.15) is 0 Å². The van der Waals surface area contributed by atoms with Crippen LogP contribution < -0.4 is 10.1 Å². The number of hydrogen-bond donors (Lipinski definition) is 1. The van der Waals surface area contributed by atoms with Gasteiger partial charge in [0.1, 0.15) is 17.3 Å². The maximum absolute atomic E-state index is 15.0. The van der Waals surface area contributed by atoms with E-state index in [1.165, 1.54) is 0 Å².